The first-order valence-electron chi connectivity index (χ1n) is 7.71. The van der Waals surface area contributed by atoms with Crippen LogP contribution in [0.4, 0.5) is 15.8 Å². The molecule has 0 bridgehead atoms. The lowest BCUT2D eigenvalue weighted by atomic mass is 10.2. The number of sulfonamides is 1. The average Bonchev–Trinajstić information content (AvgIpc) is 3.03. The van der Waals surface area contributed by atoms with Gasteiger partial charge in [-0.05, 0) is 43.3 Å². The molecule has 2 aromatic rings. The van der Waals surface area contributed by atoms with Gasteiger partial charge in [-0.15, -0.1) is 0 Å². The molecule has 0 unspecified atom stereocenters. The van der Waals surface area contributed by atoms with E-state index in [0.29, 0.717) is 17.2 Å². The van der Waals surface area contributed by atoms with Gasteiger partial charge >= 0.3 is 0 Å². The molecule has 26 heavy (non-hydrogen) atoms. The quantitative estimate of drug-likeness (QED) is 0.861. The summed E-state index contributed by atoms with van der Waals surface area (Å²) in [7, 11) is -3.77. The molecule has 1 aliphatic heterocycles. The number of nitrogens with one attached hydrogen (secondary N) is 1. The maximum Gasteiger partial charge on any atom is 0.247 e. The van der Waals surface area contributed by atoms with Gasteiger partial charge in [0.25, 0.3) is 0 Å². The standard InChI is InChI=1S/C17H17FN2O5S/c1-11(20(26(2,22)23)14-6-3-12(18)4-7-14)17(21)19-13-5-8-15-16(9-13)25-10-24-15/h3-9,11H,10H2,1-2H3,(H,19,21)/t11-/m1/s1. The number of halogens is 1. The molecule has 1 N–H and O–H groups in total. The highest BCUT2D eigenvalue weighted by molar-refractivity contribution is 7.92. The van der Waals surface area contributed by atoms with Crippen LogP contribution in [0.15, 0.2) is 42.5 Å². The second-order valence-corrected chi connectivity index (χ2v) is 7.63. The number of carbonyl (C=O) groups excluding carboxylic acids is 1. The van der Waals surface area contributed by atoms with Crippen LogP contribution < -0.4 is 19.1 Å². The second-order valence-electron chi connectivity index (χ2n) is 5.77. The third kappa shape index (κ3) is 3.72. The van der Waals surface area contributed by atoms with E-state index in [2.05, 4.69) is 5.32 Å². The molecule has 0 aromatic heterocycles. The fraction of sp³-hybridized carbons (Fsp3) is 0.235. The number of ether oxygens (including phenoxy) is 2. The number of fused-ring (bicyclic) bond motifs is 1. The molecule has 1 heterocycles. The third-order valence-electron chi connectivity index (χ3n) is 3.81. The van der Waals surface area contributed by atoms with E-state index in [1.54, 1.807) is 18.2 Å². The second kappa shape index (κ2) is 6.83. The van der Waals surface area contributed by atoms with Gasteiger partial charge in [0.1, 0.15) is 11.9 Å². The van der Waals surface area contributed by atoms with Gasteiger partial charge in [0.2, 0.25) is 22.7 Å². The van der Waals surface area contributed by atoms with E-state index in [0.717, 1.165) is 22.7 Å². The minimum Gasteiger partial charge on any atom is -0.454 e. The Morgan fingerprint density at radius 2 is 1.81 bits per heavy atom. The van der Waals surface area contributed by atoms with Crippen molar-refractivity contribution in [3.63, 3.8) is 0 Å². The Morgan fingerprint density at radius 3 is 2.46 bits per heavy atom. The molecular formula is C17H17FN2O5S. The van der Waals surface area contributed by atoms with Crippen molar-refractivity contribution in [3.8, 4) is 11.5 Å². The van der Waals surface area contributed by atoms with Crippen molar-refractivity contribution in [1.29, 1.82) is 0 Å². The lowest BCUT2D eigenvalue weighted by molar-refractivity contribution is -0.116. The van der Waals surface area contributed by atoms with E-state index in [-0.39, 0.29) is 12.5 Å². The van der Waals surface area contributed by atoms with Crippen molar-refractivity contribution in [2.24, 2.45) is 0 Å². The normalized spacial score (nSPS) is 14.0. The van der Waals surface area contributed by atoms with Gasteiger partial charge in [-0.1, -0.05) is 0 Å². The van der Waals surface area contributed by atoms with Crippen LogP contribution in [-0.4, -0.2) is 33.4 Å². The van der Waals surface area contributed by atoms with Gasteiger partial charge in [0.15, 0.2) is 11.5 Å². The molecule has 0 spiro atoms. The first-order chi connectivity index (χ1) is 12.3. The molecular weight excluding hydrogens is 363 g/mol. The Bertz CT molecular complexity index is 931. The lowest BCUT2D eigenvalue weighted by Gasteiger charge is -2.28. The first kappa shape index (κ1) is 18.0. The van der Waals surface area contributed by atoms with Crippen LogP contribution in [0, 0.1) is 5.82 Å². The highest BCUT2D eigenvalue weighted by atomic mass is 32.2. The fourth-order valence-corrected chi connectivity index (χ4v) is 3.79. The Kier molecular flexibility index (Phi) is 4.73. The summed E-state index contributed by atoms with van der Waals surface area (Å²) in [5, 5.41) is 2.65. The zero-order valence-electron chi connectivity index (χ0n) is 14.1. The Morgan fingerprint density at radius 1 is 1.15 bits per heavy atom. The molecule has 0 fully saturated rings. The summed E-state index contributed by atoms with van der Waals surface area (Å²) < 4.78 is 48.9. The van der Waals surface area contributed by atoms with Gasteiger partial charge in [-0.25, -0.2) is 12.8 Å². The predicted molar refractivity (Wildman–Crippen MR) is 94.4 cm³/mol. The van der Waals surface area contributed by atoms with Crippen molar-refractivity contribution in [3.05, 3.63) is 48.3 Å². The van der Waals surface area contributed by atoms with Crippen molar-refractivity contribution in [2.75, 3.05) is 22.7 Å². The summed E-state index contributed by atoms with van der Waals surface area (Å²) in [6.07, 6.45) is 0.987. The van der Waals surface area contributed by atoms with Crippen molar-refractivity contribution in [2.45, 2.75) is 13.0 Å². The molecule has 138 valence electrons. The monoisotopic (exact) mass is 380 g/mol. The maximum absolute atomic E-state index is 13.1. The molecule has 0 saturated carbocycles. The van der Waals surface area contributed by atoms with Crippen LogP contribution in [0.2, 0.25) is 0 Å². The smallest absolute Gasteiger partial charge is 0.247 e. The summed E-state index contributed by atoms with van der Waals surface area (Å²) in [5.41, 5.74) is 0.640. The molecule has 2 aromatic carbocycles. The topological polar surface area (TPSA) is 84.9 Å². The van der Waals surface area contributed by atoms with Crippen molar-refractivity contribution in [1.82, 2.24) is 0 Å². The Hall–Kier alpha value is -2.81. The van der Waals surface area contributed by atoms with E-state index in [4.69, 9.17) is 9.47 Å². The Balaban J connectivity index is 1.83. The lowest BCUT2D eigenvalue weighted by Crippen LogP contribution is -2.45. The molecule has 1 amide bonds. The highest BCUT2D eigenvalue weighted by Gasteiger charge is 2.29. The summed E-state index contributed by atoms with van der Waals surface area (Å²) in [6, 6.07) is 8.70. The van der Waals surface area contributed by atoms with Crippen molar-refractivity contribution >= 4 is 27.3 Å². The summed E-state index contributed by atoms with van der Waals surface area (Å²) in [6.45, 7) is 1.56. The average molecular weight is 380 g/mol. The van der Waals surface area contributed by atoms with Gasteiger partial charge in [-0.2, -0.15) is 0 Å². The number of benzene rings is 2. The minimum atomic E-state index is -3.77. The van der Waals surface area contributed by atoms with E-state index < -0.39 is 27.8 Å². The van der Waals surface area contributed by atoms with E-state index >= 15 is 0 Å². The maximum atomic E-state index is 13.1. The molecule has 3 rings (SSSR count). The number of hydrogen-bond donors (Lipinski definition) is 1. The number of nitrogens with zero attached hydrogens (tertiary/aromatic N) is 1. The van der Waals surface area contributed by atoms with E-state index in [9.17, 15) is 17.6 Å². The number of hydrogen-bond acceptors (Lipinski definition) is 5. The SMILES string of the molecule is C[C@H](C(=O)Nc1ccc2c(c1)OCO2)N(c1ccc(F)cc1)S(C)(=O)=O. The van der Waals surface area contributed by atoms with Crippen LogP contribution in [0.5, 0.6) is 11.5 Å². The summed E-state index contributed by atoms with van der Waals surface area (Å²) in [5.74, 6) is 0.0207. The molecule has 7 nitrogen and oxygen atoms in total. The largest absolute Gasteiger partial charge is 0.454 e. The predicted octanol–water partition coefficient (Wildman–Crippen LogP) is 2.35. The van der Waals surface area contributed by atoms with Crippen LogP contribution in [-0.2, 0) is 14.8 Å². The summed E-state index contributed by atoms with van der Waals surface area (Å²) in [4.78, 5) is 12.6. The molecule has 1 atom stereocenters. The van der Waals surface area contributed by atoms with Crippen LogP contribution >= 0.6 is 0 Å². The zero-order valence-corrected chi connectivity index (χ0v) is 14.9. The van der Waals surface area contributed by atoms with Crippen molar-refractivity contribution < 1.29 is 27.1 Å². The first-order valence-corrected chi connectivity index (χ1v) is 9.56. The third-order valence-corrected chi connectivity index (χ3v) is 5.05. The van der Waals surface area contributed by atoms with Gasteiger partial charge < -0.3 is 14.8 Å². The number of amides is 1. The fourth-order valence-electron chi connectivity index (χ4n) is 2.62. The van der Waals surface area contributed by atoms with Crippen LogP contribution in [0.1, 0.15) is 6.92 Å². The van der Waals surface area contributed by atoms with E-state index in [1.165, 1.54) is 19.1 Å². The highest BCUT2D eigenvalue weighted by Crippen LogP contribution is 2.34. The minimum absolute atomic E-state index is 0.107. The summed E-state index contributed by atoms with van der Waals surface area (Å²) >= 11 is 0. The molecule has 1 aliphatic rings. The van der Waals surface area contributed by atoms with E-state index in [1.807, 2.05) is 0 Å². The number of rotatable bonds is 5. The molecule has 0 radical (unpaired) electrons. The van der Waals surface area contributed by atoms with Gasteiger partial charge in [0, 0.05) is 11.8 Å². The van der Waals surface area contributed by atoms with Crippen LogP contribution in [0.3, 0.4) is 0 Å². The zero-order chi connectivity index (χ0) is 18.9. The Labute approximate surface area is 150 Å². The van der Waals surface area contributed by atoms with Crippen LogP contribution in [0.25, 0.3) is 0 Å². The van der Waals surface area contributed by atoms with Gasteiger partial charge in [-0.3, -0.25) is 9.10 Å². The molecule has 0 aliphatic carbocycles. The number of anilines is 2. The molecule has 0 saturated heterocycles. The number of carbonyl (C=O) groups is 1. The van der Waals surface area contributed by atoms with Gasteiger partial charge in [0.05, 0.1) is 11.9 Å². The molecule has 9 heteroatoms.